The summed E-state index contributed by atoms with van der Waals surface area (Å²) >= 11 is 7.27. The summed E-state index contributed by atoms with van der Waals surface area (Å²) in [7, 11) is 1.37. The van der Waals surface area contributed by atoms with E-state index in [1.165, 1.54) is 18.9 Å². The van der Waals surface area contributed by atoms with Crippen molar-refractivity contribution in [2.75, 3.05) is 12.9 Å². The van der Waals surface area contributed by atoms with Gasteiger partial charge in [-0.25, -0.2) is 4.98 Å². The smallest absolute Gasteiger partial charge is 0.316 e. The Kier molecular flexibility index (Phi) is 4.28. The molecule has 4 nitrogen and oxygen atoms in total. The predicted octanol–water partition coefficient (Wildman–Crippen LogP) is 2.79. The fourth-order valence-corrected chi connectivity index (χ4v) is 2.39. The van der Waals surface area contributed by atoms with E-state index < -0.39 is 0 Å². The Morgan fingerprint density at radius 2 is 2.39 bits per heavy atom. The Bertz CT molecular complexity index is 557. The van der Waals surface area contributed by atoms with E-state index in [0.717, 1.165) is 10.8 Å². The first kappa shape index (κ1) is 13.0. The molecular weight excluding hydrogens is 272 g/mol. The largest absolute Gasteiger partial charge is 0.468 e. The molecule has 94 valence electrons. The number of aromatic nitrogens is 2. The number of nitrogens with zero attached hydrogens (tertiary/aromatic N) is 2. The van der Waals surface area contributed by atoms with E-state index in [1.807, 2.05) is 35.0 Å². The number of thioether (sulfide) groups is 1. The van der Waals surface area contributed by atoms with E-state index in [4.69, 9.17) is 11.6 Å². The molecular formula is C12H11ClN2O2S. The molecule has 0 radical (unpaired) electrons. The SMILES string of the molecule is COC(=O)CSc1nccn1-c1cccc(Cl)c1. The van der Waals surface area contributed by atoms with Crippen LogP contribution in [-0.4, -0.2) is 28.4 Å². The zero-order valence-electron chi connectivity index (χ0n) is 9.67. The number of carbonyl (C=O) groups excluding carboxylic acids is 1. The Balaban J connectivity index is 2.20. The highest BCUT2D eigenvalue weighted by Gasteiger charge is 2.09. The molecule has 0 amide bonds. The lowest BCUT2D eigenvalue weighted by Gasteiger charge is -2.07. The van der Waals surface area contributed by atoms with Gasteiger partial charge in [0.2, 0.25) is 0 Å². The summed E-state index contributed by atoms with van der Waals surface area (Å²) in [5.74, 6) is -0.0469. The number of halogens is 1. The molecule has 0 saturated carbocycles. The average molecular weight is 283 g/mol. The molecule has 18 heavy (non-hydrogen) atoms. The van der Waals surface area contributed by atoms with Crippen molar-refractivity contribution in [2.45, 2.75) is 5.16 Å². The van der Waals surface area contributed by atoms with Crippen molar-refractivity contribution < 1.29 is 9.53 Å². The van der Waals surface area contributed by atoms with Crippen LogP contribution in [0, 0.1) is 0 Å². The number of hydrogen-bond acceptors (Lipinski definition) is 4. The molecule has 1 aromatic carbocycles. The quantitative estimate of drug-likeness (QED) is 0.639. The molecule has 2 rings (SSSR count). The lowest BCUT2D eigenvalue weighted by molar-refractivity contribution is -0.137. The highest BCUT2D eigenvalue weighted by Crippen LogP contribution is 2.22. The molecule has 0 N–H and O–H groups in total. The number of carbonyl (C=O) groups is 1. The second-order valence-corrected chi connectivity index (χ2v) is 4.80. The predicted molar refractivity (Wildman–Crippen MR) is 71.3 cm³/mol. The second kappa shape index (κ2) is 5.93. The van der Waals surface area contributed by atoms with E-state index in [1.54, 1.807) is 6.20 Å². The van der Waals surface area contributed by atoms with Gasteiger partial charge in [0.15, 0.2) is 5.16 Å². The van der Waals surface area contributed by atoms with Crippen LogP contribution < -0.4 is 0 Å². The molecule has 2 aromatic rings. The number of rotatable bonds is 4. The van der Waals surface area contributed by atoms with Gasteiger partial charge in [0, 0.05) is 23.1 Å². The molecule has 0 fully saturated rings. The Morgan fingerprint density at radius 1 is 1.56 bits per heavy atom. The summed E-state index contributed by atoms with van der Waals surface area (Å²) in [5.41, 5.74) is 0.910. The summed E-state index contributed by atoms with van der Waals surface area (Å²) in [6, 6.07) is 7.44. The molecule has 0 atom stereocenters. The van der Waals surface area contributed by atoms with Crippen molar-refractivity contribution >= 4 is 29.3 Å². The summed E-state index contributed by atoms with van der Waals surface area (Å²) in [4.78, 5) is 15.3. The first-order valence-electron chi connectivity index (χ1n) is 5.19. The molecule has 0 aliphatic rings. The minimum Gasteiger partial charge on any atom is -0.468 e. The lowest BCUT2D eigenvalue weighted by Crippen LogP contribution is -2.04. The average Bonchev–Trinajstić information content (AvgIpc) is 2.84. The third-order valence-electron chi connectivity index (χ3n) is 2.24. The van der Waals surface area contributed by atoms with Gasteiger partial charge >= 0.3 is 5.97 Å². The van der Waals surface area contributed by atoms with Crippen LogP contribution in [0.3, 0.4) is 0 Å². The number of esters is 1. The molecule has 6 heteroatoms. The minimum atomic E-state index is -0.277. The van der Waals surface area contributed by atoms with Crippen molar-refractivity contribution in [3.8, 4) is 5.69 Å². The third-order valence-corrected chi connectivity index (χ3v) is 3.42. The van der Waals surface area contributed by atoms with E-state index in [2.05, 4.69) is 9.72 Å². The monoisotopic (exact) mass is 282 g/mol. The zero-order chi connectivity index (χ0) is 13.0. The molecule has 0 aliphatic carbocycles. The number of methoxy groups -OCH3 is 1. The van der Waals surface area contributed by atoms with Crippen LogP contribution in [0.5, 0.6) is 0 Å². The molecule has 0 bridgehead atoms. The van der Waals surface area contributed by atoms with Gasteiger partial charge in [-0.2, -0.15) is 0 Å². The first-order chi connectivity index (χ1) is 8.70. The summed E-state index contributed by atoms with van der Waals surface area (Å²) in [6.07, 6.45) is 3.51. The van der Waals surface area contributed by atoms with Crippen LogP contribution in [0.15, 0.2) is 41.8 Å². The maximum absolute atomic E-state index is 11.1. The van der Waals surface area contributed by atoms with Crippen LogP contribution in [0.4, 0.5) is 0 Å². The van der Waals surface area contributed by atoms with Crippen molar-refractivity contribution in [3.63, 3.8) is 0 Å². The lowest BCUT2D eigenvalue weighted by atomic mass is 10.3. The van der Waals surface area contributed by atoms with Gasteiger partial charge in [0.05, 0.1) is 12.9 Å². The molecule has 0 unspecified atom stereocenters. The van der Waals surface area contributed by atoms with Gasteiger partial charge in [-0.05, 0) is 18.2 Å². The van der Waals surface area contributed by atoms with Crippen molar-refractivity contribution in [1.29, 1.82) is 0 Å². The van der Waals surface area contributed by atoms with E-state index in [-0.39, 0.29) is 11.7 Å². The zero-order valence-corrected chi connectivity index (χ0v) is 11.2. The molecule has 1 heterocycles. The highest BCUT2D eigenvalue weighted by atomic mass is 35.5. The van der Waals surface area contributed by atoms with Gasteiger partial charge in [-0.1, -0.05) is 29.4 Å². The Morgan fingerprint density at radius 3 is 3.11 bits per heavy atom. The number of imidazole rings is 1. The van der Waals surface area contributed by atoms with Crippen molar-refractivity contribution in [1.82, 2.24) is 9.55 Å². The standard InChI is InChI=1S/C12H11ClN2O2S/c1-17-11(16)8-18-12-14-5-6-15(12)10-4-2-3-9(13)7-10/h2-7H,8H2,1H3. The topological polar surface area (TPSA) is 44.1 Å². The van der Waals surface area contributed by atoms with Crippen LogP contribution >= 0.6 is 23.4 Å². The molecule has 0 aliphatic heterocycles. The fourth-order valence-electron chi connectivity index (χ4n) is 1.40. The maximum Gasteiger partial charge on any atom is 0.316 e. The number of benzene rings is 1. The summed E-state index contributed by atoms with van der Waals surface area (Å²) in [6.45, 7) is 0. The Labute approximate surface area is 114 Å². The third kappa shape index (κ3) is 3.05. The normalized spacial score (nSPS) is 10.3. The highest BCUT2D eigenvalue weighted by molar-refractivity contribution is 7.99. The second-order valence-electron chi connectivity index (χ2n) is 3.42. The van der Waals surface area contributed by atoms with Crippen LogP contribution in [0.1, 0.15) is 0 Å². The summed E-state index contributed by atoms with van der Waals surface area (Å²) in [5, 5.41) is 1.38. The first-order valence-corrected chi connectivity index (χ1v) is 6.56. The van der Waals surface area contributed by atoms with Crippen LogP contribution in [0.25, 0.3) is 5.69 Å². The molecule has 0 spiro atoms. The van der Waals surface area contributed by atoms with E-state index in [0.29, 0.717) is 5.02 Å². The molecule has 1 aromatic heterocycles. The van der Waals surface area contributed by atoms with Crippen LogP contribution in [-0.2, 0) is 9.53 Å². The van der Waals surface area contributed by atoms with Gasteiger partial charge in [0.1, 0.15) is 0 Å². The van der Waals surface area contributed by atoms with Gasteiger partial charge in [-0.15, -0.1) is 0 Å². The van der Waals surface area contributed by atoms with E-state index >= 15 is 0 Å². The van der Waals surface area contributed by atoms with Gasteiger partial charge < -0.3 is 4.74 Å². The Hall–Kier alpha value is -1.46. The number of ether oxygens (including phenoxy) is 1. The van der Waals surface area contributed by atoms with Crippen molar-refractivity contribution in [3.05, 3.63) is 41.7 Å². The van der Waals surface area contributed by atoms with Gasteiger partial charge in [-0.3, -0.25) is 9.36 Å². The maximum atomic E-state index is 11.1. The van der Waals surface area contributed by atoms with E-state index in [9.17, 15) is 4.79 Å². The molecule has 0 saturated heterocycles. The fraction of sp³-hybridized carbons (Fsp3) is 0.167. The number of hydrogen-bond donors (Lipinski definition) is 0. The van der Waals surface area contributed by atoms with Gasteiger partial charge in [0.25, 0.3) is 0 Å². The summed E-state index contributed by atoms with van der Waals surface area (Å²) < 4.78 is 6.47. The minimum absolute atomic E-state index is 0.230. The van der Waals surface area contributed by atoms with Crippen molar-refractivity contribution in [2.24, 2.45) is 0 Å². The van der Waals surface area contributed by atoms with Crippen LogP contribution in [0.2, 0.25) is 5.02 Å².